The maximum absolute atomic E-state index is 12.2. The smallest absolute Gasteiger partial charge is 0.462 e. The first kappa shape index (κ1) is 16.0. The Balaban J connectivity index is 3.19. The van der Waals surface area contributed by atoms with Crippen molar-refractivity contribution in [3.8, 4) is 6.07 Å². The molecule has 1 aromatic rings. The first-order valence-electron chi connectivity index (χ1n) is 5.31. The number of aryl methyl sites for hydroxylation is 1. The Hall–Kier alpha value is -2.08. The number of thiophene rings is 1. The van der Waals surface area contributed by atoms with E-state index in [9.17, 15) is 22.8 Å². The zero-order valence-corrected chi connectivity index (χ0v) is 11.2. The van der Waals surface area contributed by atoms with Crippen LogP contribution in [-0.4, -0.2) is 24.7 Å². The molecule has 1 aromatic heterocycles. The average molecular weight is 306 g/mol. The molecule has 0 radical (unpaired) electrons. The number of nitriles is 1. The van der Waals surface area contributed by atoms with Gasteiger partial charge in [0.15, 0.2) is 0 Å². The minimum atomic E-state index is -5.07. The SMILES string of the molecule is CCOC(=O)c1c(C)sc(NC(=O)C(F)(F)F)c1C#N. The number of ether oxygens (including phenoxy) is 1. The minimum Gasteiger partial charge on any atom is -0.462 e. The number of alkyl halides is 3. The number of carbonyl (C=O) groups excluding carboxylic acids is 2. The highest BCUT2D eigenvalue weighted by Gasteiger charge is 2.39. The number of nitrogens with one attached hydrogen (secondary N) is 1. The molecule has 0 fully saturated rings. The molecular formula is C11H9F3N2O3S. The molecule has 9 heteroatoms. The number of nitrogens with zero attached hydrogens (tertiary/aromatic N) is 1. The van der Waals surface area contributed by atoms with Crippen molar-refractivity contribution in [1.82, 2.24) is 0 Å². The number of hydrogen-bond donors (Lipinski definition) is 1. The highest BCUT2D eigenvalue weighted by Crippen LogP contribution is 2.34. The Bertz CT molecular complexity index is 587. The van der Waals surface area contributed by atoms with Gasteiger partial charge in [-0.2, -0.15) is 18.4 Å². The normalized spacial score (nSPS) is 10.8. The minimum absolute atomic E-state index is 0.0588. The van der Waals surface area contributed by atoms with Crippen molar-refractivity contribution in [2.75, 3.05) is 11.9 Å². The van der Waals surface area contributed by atoms with Crippen LogP contribution >= 0.6 is 11.3 Å². The molecule has 0 spiro atoms. The van der Waals surface area contributed by atoms with E-state index < -0.39 is 18.1 Å². The molecule has 1 heterocycles. The fraction of sp³-hybridized carbons (Fsp3) is 0.364. The molecule has 0 aliphatic carbocycles. The molecule has 0 aromatic carbocycles. The fourth-order valence-electron chi connectivity index (χ4n) is 1.36. The largest absolute Gasteiger partial charge is 0.471 e. The third-order valence-electron chi connectivity index (χ3n) is 2.16. The lowest BCUT2D eigenvalue weighted by Gasteiger charge is -2.06. The molecule has 1 N–H and O–H groups in total. The second kappa shape index (κ2) is 5.92. The van der Waals surface area contributed by atoms with Gasteiger partial charge in [0.25, 0.3) is 0 Å². The van der Waals surface area contributed by atoms with E-state index in [1.165, 1.54) is 6.92 Å². The second-order valence-corrected chi connectivity index (χ2v) is 4.75. The summed E-state index contributed by atoms with van der Waals surface area (Å²) in [5.74, 6) is -3.02. The quantitative estimate of drug-likeness (QED) is 0.871. The lowest BCUT2D eigenvalue weighted by atomic mass is 10.1. The van der Waals surface area contributed by atoms with Gasteiger partial charge in [-0.15, -0.1) is 11.3 Å². The van der Waals surface area contributed by atoms with E-state index in [2.05, 4.69) is 0 Å². The van der Waals surface area contributed by atoms with Gasteiger partial charge in [-0.05, 0) is 13.8 Å². The molecule has 20 heavy (non-hydrogen) atoms. The number of carbonyl (C=O) groups is 2. The molecule has 0 aliphatic rings. The molecule has 108 valence electrons. The summed E-state index contributed by atoms with van der Waals surface area (Å²) < 4.78 is 41.2. The van der Waals surface area contributed by atoms with Crippen molar-refractivity contribution in [2.45, 2.75) is 20.0 Å². The molecule has 0 saturated heterocycles. The fourth-order valence-corrected chi connectivity index (χ4v) is 2.35. The Morgan fingerprint density at radius 3 is 2.50 bits per heavy atom. The lowest BCUT2D eigenvalue weighted by molar-refractivity contribution is -0.167. The Labute approximate surface area is 116 Å². The van der Waals surface area contributed by atoms with Gasteiger partial charge in [-0.1, -0.05) is 0 Å². The zero-order valence-electron chi connectivity index (χ0n) is 10.4. The number of anilines is 1. The van der Waals surface area contributed by atoms with Crippen LogP contribution in [0.15, 0.2) is 0 Å². The average Bonchev–Trinajstić information content (AvgIpc) is 2.64. The Morgan fingerprint density at radius 1 is 1.45 bits per heavy atom. The Kier molecular flexibility index (Phi) is 4.73. The predicted octanol–water partition coefficient (Wildman–Crippen LogP) is 2.61. The van der Waals surface area contributed by atoms with Crippen molar-refractivity contribution >= 4 is 28.2 Å². The number of esters is 1. The van der Waals surface area contributed by atoms with Gasteiger partial charge in [0, 0.05) is 4.88 Å². The molecular weight excluding hydrogens is 297 g/mol. The van der Waals surface area contributed by atoms with Gasteiger partial charge in [-0.3, -0.25) is 4.79 Å². The summed E-state index contributed by atoms with van der Waals surface area (Å²) in [6.45, 7) is 3.06. The van der Waals surface area contributed by atoms with Gasteiger partial charge in [-0.25, -0.2) is 4.79 Å². The molecule has 0 aliphatic heterocycles. The first-order chi connectivity index (χ1) is 9.22. The van der Waals surface area contributed by atoms with E-state index in [0.29, 0.717) is 11.3 Å². The van der Waals surface area contributed by atoms with Crippen LogP contribution in [0, 0.1) is 18.3 Å². The van der Waals surface area contributed by atoms with Crippen molar-refractivity contribution < 1.29 is 27.5 Å². The van der Waals surface area contributed by atoms with Gasteiger partial charge in [0.05, 0.1) is 12.2 Å². The lowest BCUT2D eigenvalue weighted by Crippen LogP contribution is -2.29. The van der Waals surface area contributed by atoms with Gasteiger partial charge in [0.1, 0.15) is 16.6 Å². The van der Waals surface area contributed by atoms with Gasteiger partial charge < -0.3 is 10.1 Å². The topological polar surface area (TPSA) is 79.2 Å². The van der Waals surface area contributed by atoms with E-state index in [0.717, 1.165) is 0 Å². The Morgan fingerprint density at radius 2 is 2.05 bits per heavy atom. The highest BCUT2D eigenvalue weighted by atomic mass is 32.1. The van der Waals surface area contributed by atoms with Gasteiger partial charge in [0.2, 0.25) is 0 Å². The van der Waals surface area contributed by atoms with Crippen LogP contribution in [0.3, 0.4) is 0 Å². The van der Waals surface area contributed by atoms with E-state index in [1.807, 2.05) is 0 Å². The summed E-state index contributed by atoms with van der Waals surface area (Å²) >= 11 is 0.709. The van der Waals surface area contributed by atoms with Crippen LogP contribution in [0.5, 0.6) is 0 Å². The summed E-state index contributed by atoms with van der Waals surface area (Å²) in [4.78, 5) is 22.8. The third-order valence-corrected chi connectivity index (χ3v) is 3.18. The number of hydrogen-bond acceptors (Lipinski definition) is 5. The van der Waals surface area contributed by atoms with Crippen molar-refractivity contribution in [3.05, 3.63) is 16.0 Å². The number of halogens is 3. The van der Waals surface area contributed by atoms with Crippen LogP contribution < -0.4 is 5.32 Å². The van der Waals surface area contributed by atoms with E-state index in [4.69, 9.17) is 10.00 Å². The van der Waals surface area contributed by atoms with Crippen molar-refractivity contribution in [2.24, 2.45) is 0 Å². The molecule has 0 bridgehead atoms. The van der Waals surface area contributed by atoms with Crippen LogP contribution in [0.1, 0.15) is 27.7 Å². The summed E-state index contributed by atoms with van der Waals surface area (Å²) in [5, 5.41) is 10.2. The number of amides is 1. The predicted molar refractivity (Wildman–Crippen MR) is 64.4 cm³/mol. The van der Waals surface area contributed by atoms with Crippen LogP contribution in [0.25, 0.3) is 0 Å². The van der Waals surface area contributed by atoms with Crippen LogP contribution in [0.4, 0.5) is 18.2 Å². The summed E-state index contributed by atoms with van der Waals surface area (Å²) in [6, 6.07) is 1.61. The maximum atomic E-state index is 12.2. The van der Waals surface area contributed by atoms with Gasteiger partial charge >= 0.3 is 18.1 Å². The van der Waals surface area contributed by atoms with Crippen LogP contribution in [0.2, 0.25) is 0 Å². The molecule has 5 nitrogen and oxygen atoms in total. The molecule has 1 rings (SSSR count). The molecule has 0 saturated carbocycles. The number of rotatable bonds is 3. The van der Waals surface area contributed by atoms with E-state index >= 15 is 0 Å². The third kappa shape index (κ3) is 3.27. The van der Waals surface area contributed by atoms with Crippen molar-refractivity contribution in [3.63, 3.8) is 0 Å². The monoisotopic (exact) mass is 306 g/mol. The summed E-state index contributed by atoms with van der Waals surface area (Å²) in [5.41, 5.74) is -0.458. The molecule has 1 amide bonds. The van der Waals surface area contributed by atoms with Crippen molar-refractivity contribution in [1.29, 1.82) is 5.26 Å². The molecule has 0 unspecified atom stereocenters. The van der Waals surface area contributed by atoms with Crippen LogP contribution in [-0.2, 0) is 9.53 Å². The van der Waals surface area contributed by atoms with E-state index in [1.54, 1.807) is 18.3 Å². The zero-order chi connectivity index (χ0) is 15.5. The van der Waals surface area contributed by atoms with E-state index in [-0.39, 0.29) is 27.6 Å². The maximum Gasteiger partial charge on any atom is 0.471 e. The summed E-state index contributed by atoms with van der Waals surface area (Å²) in [6.07, 6.45) is -5.07. The standard InChI is InChI=1S/C11H9F3N2O3S/c1-3-19-9(17)7-5(2)20-8(6(7)4-15)16-10(18)11(12,13)14/h3H2,1-2H3,(H,16,18). The highest BCUT2D eigenvalue weighted by molar-refractivity contribution is 7.16. The summed E-state index contributed by atoms with van der Waals surface area (Å²) in [7, 11) is 0. The second-order valence-electron chi connectivity index (χ2n) is 3.52. The molecule has 0 atom stereocenters. The first-order valence-corrected chi connectivity index (χ1v) is 6.12.